The van der Waals surface area contributed by atoms with Crippen LogP contribution in [0.2, 0.25) is 0 Å². The Balaban J connectivity index is 1.48. The van der Waals surface area contributed by atoms with Crippen LogP contribution >= 0.6 is 0 Å². The van der Waals surface area contributed by atoms with Crippen LogP contribution in [0, 0.1) is 0 Å². The van der Waals surface area contributed by atoms with Crippen LogP contribution in [0.25, 0.3) is 11.1 Å². The van der Waals surface area contributed by atoms with E-state index in [1.54, 1.807) is 12.1 Å². The number of rotatable bonds is 12. The summed E-state index contributed by atoms with van der Waals surface area (Å²) in [5.74, 6) is -2.43. The van der Waals surface area contributed by atoms with Crippen LogP contribution in [0.5, 0.6) is 0 Å². The smallest absolute Gasteiger partial charge is 0.416 e. The molecule has 0 fully saturated rings. The molecule has 0 bridgehead atoms. The minimum absolute atomic E-state index is 0.0954. The van der Waals surface area contributed by atoms with Gasteiger partial charge in [-0.2, -0.15) is 26.3 Å². The molecule has 4 nitrogen and oxygen atoms in total. The maximum absolute atomic E-state index is 12.9. The molecule has 4 aromatic carbocycles. The van der Waals surface area contributed by atoms with Gasteiger partial charge in [-0.15, -0.1) is 0 Å². The Kier molecular flexibility index (Phi) is 11.3. The second-order valence-electron chi connectivity index (χ2n) is 10.8. The number of aryl methyl sites for hydroxylation is 1. The molecule has 0 aliphatic carbocycles. The highest BCUT2D eigenvalue weighted by atomic mass is 19.4. The number of unbranched alkanes of at least 4 members (excludes halogenated alkanes) is 2. The van der Waals surface area contributed by atoms with Crippen molar-refractivity contribution < 1.29 is 45.4 Å². The number of ether oxygens (including phenoxy) is 2. The fourth-order valence-electron chi connectivity index (χ4n) is 4.74. The van der Waals surface area contributed by atoms with E-state index in [2.05, 4.69) is 19.1 Å². The largest absolute Gasteiger partial charge is 0.461 e. The zero-order valence-corrected chi connectivity index (χ0v) is 25.0. The summed E-state index contributed by atoms with van der Waals surface area (Å²) in [6, 6.07) is 22.7. The molecule has 0 saturated carbocycles. The van der Waals surface area contributed by atoms with Crippen LogP contribution in [-0.4, -0.2) is 25.2 Å². The summed E-state index contributed by atoms with van der Waals surface area (Å²) in [5.41, 5.74) is 1.78. The average molecular weight is 643 g/mol. The Bertz CT molecular complexity index is 1500. The monoisotopic (exact) mass is 642 g/mol. The molecule has 0 spiro atoms. The first kappa shape index (κ1) is 34.3. The van der Waals surface area contributed by atoms with Crippen LogP contribution in [0.3, 0.4) is 0 Å². The zero-order valence-electron chi connectivity index (χ0n) is 25.0. The summed E-state index contributed by atoms with van der Waals surface area (Å²) in [4.78, 5) is 25.3. The van der Waals surface area contributed by atoms with Crippen LogP contribution in [0.4, 0.5) is 26.3 Å². The number of hydrogen-bond acceptors (Lipinski definition) is 4. The van der Waals surface area contributed by atoms with Gasteiger partial charge in [0.25, 0.3) is 0 Å². The first-order chi connectivity index (χ1) is 21.8. The Hall–Kier alpha value is -4.60. The normalized spacial score (nSPS) is 11.8. The molecule has 0 unspecified atom stereocenters. The summed E-state index contributed by atoms with van der Waals surface area (Å²) in [6.07, 6.45) is -4.68. The predicted octanol–water partition coefficient (Wildman–Crippen LogP) is 9.92. The van der Waals surface area contributed by atoms with Crippen molar-refractivity contribution in [1.82, 2.24) is 0 Å². The lowest BCUT2D eigenvalue weighted by Gasteiger charge is -2.19. The average Bonchev–Trinajstić information content (AvgIpc) is 3.04. The number of carbonyl (C=O) groups excluding carboxylic acids is 2. The van der Waals surface area contributed by atoms with Crippen molar-refractivity contribution in [2.75, 3.05) is 13.2 Å². The topological polar surface area (TPSA) is 52.6 Å². The van der Waals surface area contributed by atoms with Crippen LogP contribution < -0.4 is 0 Å². The number of alkyl halides is 6. The molecule has 0 N–H and O–H groups in total. The predicted molar refractivity (Wildman–Crippen MR) is 161 cm³/mol. The van der Waals surface area contributed by atoms with Gasteiger partial charge in [0, 0.05) is 0 Å². The third-order valence-electron chi connectivity index (χ3n) is 7.47. The maximum Gasteiger partial charge on any atom is 0.416 e. The van der Waals surface area contributed by atoms with Crippen molar-refractivity contribution in [3.63, 3.8) is 0 Å². The minimum Gasteiger partial charge on any atom is -0.461 e. The number of hydrogen-bond donors (Lipinski definition) is 0. The molecule has 0 aliphatic heterocycles. The molecule has 0 saturated heterocycles. The van der Waals surface area contributed by atoms with E-state index in [4.69, 9.17) is 9.47 Å². The van der Waals surface area contributed by atoms with Crippen molar-refractivity contribution >= 4 is 11.9 Å². The summed E-state index contributed by atoms with van der Waals surface area (Å²) in [7, 11) is 0. The van der Waals surface area contributed by atoms with E-state index in [0.717, 1.165) is 78.9 Å². The van der Waals surface area contributed by atoms with E-state index in [9.17, 15) is 35.9 Å². The molecule has 46 heavy (non-hydrogen) atoms. The third-order valence-corrected chi connectivity index (χ3v) is 7.47. The molecule has 0 aromatic heterocycles. The van der Waals surface area contributed by atoms with E-state index in [-0.39, 0.29) is 24.3 Å². The molecule has 4 aromatic rings. The van der Waals surface area contributed by atoms with Crippen molar-refractivity contribution in [3.8, 4) is 11.1 Å². The number of esters is 2. The van der Waals surface area contributed by atoms with Crippen LogP contribution in [0.15, 0.2) is 97.1 Å². The van der Waals surface area contributed by atoms with Crippen LogP contribution in [0.1, 0.15) is 75.1 Å². The van der Waals surface area contributed by atoms with Gasteiger partial charge < -0.3 is 9.47 Å². The first-order valence-corrected chi connectivity index (χ1v) is 14.7. The van der Waals surface area contributed by atoms with Crippen molar-refractivity contribution in [3.05, 3.63) is 130 Å². The summed E-state index contributed by atoms with van der Waals surface area (Å²) in [5, 5.41) is 0. The van der Waals surface area contributed by atoms with Gasteiger partial charge in [-0.3, -0.25) is 0 Å². The second kappa shape index (κ2) is 15.1. The molecule has 0 amide bonds. The lowest BCUT2D eigenvalue weighted by molar-refractivity contribution is -0.138. The standard InChI is InChI=1S/C36H32F6O4/c1-2-3-4-5-24-6-8-25(9-7-24)26-10-12-27(13-11-26)30(22-45-33(43)28-14-18-31(19-15-28)35(37,38)39)23-46-34(44)29-16-20-32(21-17-29)36(40,41)42/h6-21,30H,2-5,22-23H2,1H3. The Labute approximate surface area is 263 Å². The van der Waals surface area contributed by atoms with E-state index in [1.807, 2.05) is 24.3 Å². The first-order valence-electron chi connectivity index (χ1n) is 14.7. The van der Waals surface area contributed by atoms with E-state index < -0.39 is 41.3 Å². The van der Waals surface area contributed by atoms with E-state index in [0.29, 0.717) is 5.56 Å². The Morgan fingerprint density at radius 3 is 1.39 bits per heavy atom. The quantitative estimate of drug-likeness (QED) is 0.0877. The summed E-state index contributed by atoms with van der Waals surface area (Å²) in [6.45, 7) is 1.59. The molecule has 0 atom stereocenters. The van der Waals surface area contributed by atoms with Gasteiger partial charge in [0.1, 0.15) is 13.2 Å². The fraction of sp³-hybridized carbons (Fsp3) is 0.278. The molecular formula is C36H32F6O4. The van der Waals surface area contributed by atoms with Gasteiger partial charge in [-0.05, 0) is 83.6 Å². The molecule has 242 valence electrons. The lowest BCUT2D eigenvalue weighted by atomic mass is 9.96. The second-order valence-corrected chi connectivity index (χ2v) is 10.8. The zero-order chi connectivity index (χ0) is 33.3. The number of benzene rings is 4. The SMILES string of the molecule is CCCCCc1ccc(-c2ccc(C(COC(=O)c3ccc(C(F)(F)F)cc3)COC(=O)c3ccc(C(F)(F)F)cc3)cc2)cc1. The van der Waals surface area contributed by atoms with Gasteiger partial charge in [0.15, 0.2) is 0 Å². The Morgan fingerprint density at radius 2 is 1.00 bits per heavy atom. The molecule has 0 aliphatic rings. The van der Waals surface area contributed by atoms with Gasteiger partial charge in [-0.25, -0.2) is 9.59 Å². The van der Waals surface area contributed by atoms with Gasteiger partial charge in [-0.1, -0.05) is 68.3 Å². The van der Waals surface area contributed by atoms with E-state index >= 15 is 0 Å². The van der Waals surface area contributed by atoms with Gasteiger partial charge in [0.2, 0.25) is 0 Å². The highest BCUT2D eigenvalue weighted by molar-refractivity contribution is 5.90. The van der Waals surface area contributed by atoms with Crippen molar-refractivity contribution in [2.24, 2.45) is 0 Å². The number of halogens is 6. The van der Waals surface area contributed by atoms with Gasteiger partial charge in [0.05, 0.1) is 28.2 Å². The number of carbonyl (C=O) groups is 2. The highest BCUT2D eigenvalue weighted by Gasteiger charge is 2.31. The molecule has 0 heterocycles. The fourth-order valence-corrected chi connectivity index (χ4v) is 4.74. The maximum atomic E-state index is 12.9. The van der Waals surface area contributed by atoms with Crippen molar-refractivity contribution in [1.29, 1.82) is 0 Å². The van der Waals surface area contributed by atoms with Gasteiger partial charge >= 0.3 is 24.3 Å². The minimum atomic E-state index is -4.56. The molecule has 10 heteroatoms. The van der Waals surface area contributed by atoms with Crippen molar-refractivity contribution in [2.45, 2.75) is 50.9 Å². The summed E-state index contributed by atoms with van der Waals surface area (Å²) < 4.78 is 88.3. The van der Waals surface area contributed by atoms with Crippen LogP contribution in [-0.2, 0) is 28.2 Å². The molecular weight excluding hydrogens is 610 g/mol. The third kappa shape index (κ3) is 9.45. The Morgan fingerprint density at radius 1 is 0.587 bits per heavy atom. The summed E-state index contributed by atoms with van der Waals surface area (Å²) >= 11 is 0. The highest BCUT2D eigenvalue weighted by Crippen LogP contribution is 2.31. The molecule has 0 radical (unpaired) electrons. The molecule has 4 rings (SSSR count). The lowest BCUT2D eigenvalue weighted by Crippen LogP contribution is -2.20. The van der Waals surface area contributed by atoms with E-state index in [1.165, 1.54) is 12.0 Å².